The molecule has 3 atom stereocenters. The molecular weight excluding hydrogens is 201 g/mol. The highest BCUT2D eigenvalue weighted by atomic mass is 19.4. The molecule has 1 aliphatic carbocycles. The number of hydrogen-bond donors (Lipinski definition) is 0. The summed E-state index contributed by atoms with van der Waals surface area (Å²) in [6.45, 7) is 0.0862. The molecule has 0 aromatic rings. The third-order valence-corrected chi connectivity index (χ3v) is 2.54. The molecule has 0 amide bonds. The molecule has 0 bridgehead atoms. The summed E-state index contributed by atoms with van der Waals surface area (Å²) < 4.78 is 40.5. The number of ketones is 2. The van der Waals surface area contributed by atoms with E-state index in [2.05, 4.69) is 4.74 Å². The molecule has 0 radical (unpaired) electrons. The number of halogens is 3. The number of rotatable bonds is 1. The minimum Gasteiger partial charge on any atom is -0.362 e. The van der Waals surface area contributed by atoms with Gasteiger partial charge in [0, 0.05) is 5.92 Å². The van der Waals surface area contributed by atoms with Crippen molar-refractivity contribution in [2.75, 3.05) is 6.61 Å². The zero-order valence-corrected chi connectivity index (χ0v) is 7.00. The number of Topliss-reactive ketones (excluding diaryl/α,β-unsaturated/α-hetero) is 2. The monoisotopic (exact) mass is 208 g/mol. The van der Waals surface area contributed by atoms with Crippen LogP contribution in [0.3, 0.4) is 0 Å². The van der Waals surface area contributed by atoms with E-state index in [0.717, 1.165) is 0 Å². The Hall–Kier alpha value is -0.910. The summed E-state index contributed by atoms with van der Waals surface area (Å²) in [5.41, 5.74) is 0. The lowest BCUT2D eigenvalue weighted by Crippen LogP contribution is -2.45. The van der Waals surface area contributed by atoms with Crippen molar-refractivity contribution in [3.63, 3.8) is 0 Å². The molecular formula is C8H7F3O3. The minimum atomic E-state index is -4.98. The van der Waals surface area contributed by atoms with E-state index in [1.54, 1.807) is 0 Å². The van der Waals surface area contributed by atoms with Crippen molar-refractivity contribution in [2.45, 2.75) is 18.7 Å². The molecule has 1 saturated heterocycles. The minimum absolute atomic E-state index is 0.0415. The molecule has 2 fully saturated rings. The molecule has 0 aromatic carbocycles. The number of hydrogen-bond acceptors (Lipinski definition) is 3. The smallest absolute Gasteiger partial charge is 0.362 e. The second-order valence-electron chi connectivity index (χ2n) is 3.58. The Morgan fingerprint density at radius 1 is 1.43 bits per heavy atom. The SMILES string of the molecule is O=C1[C@H](C(=O)C(F)(F)F)OC[C@@H]2C[C@H]12. The van der Waals surface area contributed by atoms with Crippen molar-refractivity contribution < 1.29 is 27.5 Å². The Morgan fingerprint density at radius 3 is 2.64 bits per heavy atom. The molecule has 78 valence electrons. The summed E-state index contributed by atoms with van der Waals surface area (Å²) in [6, 6.07) is 0. The van der Waals surface area contributed by atoms with Gasteiger partial charge in [-0.3, -0.25) is 9.59 Å². The van der Waals surface area contributed by atoms with E-state index in [-0.39, 0.29) is 18.4 Å². The maximum Gasteiger partial charge on any atom is 0.453 e. The van der Waals surface area contributed by atoms with Crippen LogP contribution in [0.4, 0.5) is 13.2 Å². The lowest BCUT2D eigenvalue weighted by Gasteiger charge is -2.20. The van der Waals surface area contributed by atoms with Crippen LogP contribution in [-0.4, -0.2) is 30.5 Å². The fraction of sp³-hybridized carbons (Fsp3) is 0.750. The lowest BCUT2D eigenvalue weighted by molar-refractivity contribution is -0.186. The molecule has 14 heavy (non-hydrogen) atoms. The van der Waals surface area contributed by atoms with Crippen LogP contribution in [0, 0.1) is 11.8 Å². The van der Waals surface area contributed by atoms with Crippen molar-refractivity contribution in [1.82, 2.24) is 0 Å². The molecule has 3 nitrogen and oxygen atoms in total. The Balaban J connectivity index is 2.11. The first-order valence-electron chi connectivity index (χ1n) is 4.17. The number of ether oxygens (including phenoxy) is 1. The van der Waals surface area contributed by atoms with E-state index in [1.807, 2.05) is 0 Å². The van der Waals surface area contributed by atoms with Gasteiger partial charge in [-0.2, -0.15) is 13.2 Å². The van der Waals surface area contributed by atoms with Gasteiger partial charge in [-0.25, -0.2) is 0 Å². The maximum absolute atomic E-state index is 12.0. The van der Waals surface area contributed by atoms with Crippen LogP contribution in [0.5, 0.6) is 0 Å². The van der Waals surface area contributed by atoms with Gasteiger partial charge >= 0.3 is 6.18 Å². The van der Waals surface area contributed by atoms with Gasteiger partial charge in [0.25, 0.3) is 5.78 Å². The van der Waals surface area contributed by atoms with Gasteiger partial charge in [-0.15, -0.1) is 0 Å². The third kappa shape index (κ3) is 1.43. The molecule has 0 N–H and O–H groups in total. The molecule has 1 heterocycles. The molecule has 2 aliphatic rings. The fourth-order valence-corrected chi connectivity index (χ4v) is 1.63. The molecule has 0 aromatic heterocycles. The van der Waals surface area contributed by atoms with E-state index in [0.29, 0.717) is 6.42 Å². The summed E-state index contributed by atoms with van der Waals surface area (Å²) in [5, 5.41) is 0. The number of alkyl halides is 3. The largest absolute Gasteiger partial charge is 0.453 e. The average molecular weight is 208 g/mol. The summed E-state index contributed by atoms with van der Waals surface area (Å²) in [7, 11) is 0. The summed E-state index contributed by atoms with van der Waals surface area (Å²) in [6.07, 6.45) is -6.33. The van der Waals surface area contributed by atoms with Crippen LogP contribution in [0.2, 0.25) is 0 Å². The van der Waals surface area contributed by atoms with Gasteiger partial charge in [-0.1, -0.05) is 0 Å². The Labute approximate surface area is 77.2 Å². The predicted octanol–water partition coefficient (Wildman–Crippen LogP) is 0.722. The number of fused-ring (bicyclic) bond motifs is 1. The molecule has 0 spiro atoms. The van der Waals surface area contributed by atoms with Gasteiger partial charge < -0.3 is 4.74 Å². The quantitative estimate of drug-likeness (QED) is 0.596. The van der Waals surface area contributed by atoms with E-state index in [9.17, 15) is 22.8 Å². The third-order valence-electron chi connectivity index (χ3n) is 2.54. The van der Waals surface area contributed by atoms with E-state index < -0.39 is 23.8 Å². The normalized spacial score (nSPS) is 36.5. The van der Waals surface area contributed by atoms with E-state index in [1.165, 1.54) is 0 Å². The zero-order valence-electron chi connectivity index (χ0n) is 7.00. The lowest BCUT2D eigenvalue weighted by atomic mass is 10.0. The molecule has 2 rings (SSSR count). The number of carbonyl (C=O) groups is 2. The molecule has 1 saturated carbocycles. The summed E-state index contributed by atoms with van der Waals surface area (Å²) >= 11 is 0. The van der Waals surface area contributed by atoms with Crippen molar-refractivity contribution >= 4 is 11.6 Å². The second kappa shape index (κ2) is 2.79. The first kappa shape index (κ1) is 9.64. The van der Waals surface area contributed by atoms with Crippen LogP contribution in [0.25, 0.3) is 0 Å². The van der Waals surface area contributed by atoms with Crippen molar-refractivity contribution in [2.24, 2.45) is 11.8 Å². The van der Waals surface area contributed by atoms with Gasteiger partial charge in [0.1, 0.15) is 0 Å². The van der Waals surface area contributed by atoms with Crippen LogP contribution in [0.15, 0.2) is 0 Å². The topological polar surface area (TPSA) is 43.4 Å². The Morgan fingerprint density at radius 2 is 2.07 bits per heavy atom. The molecule has 1 aliphatic heterocycles. The molecule has 6 heteroatoms. The van der Waals surface area contributed by atoms with Crippen LogP contribution in [0.1, 0.15) is 6.42 Å². The Bertz CT molecular complexity index is 297. The van der Waals surface area contributed by atoms with Gasteiger partial charge in [0.05, 0.1) is 6.61 Å². The summed E-state index contributed by atoms with van der Waals surface area (Å²) in [4.78, 5) is 21.9. The van der Waals surface area contributed by atoms with Crippen molar-refractivity contribution in [1.29, 1.82) is 0 Å². The van der Waals surface area contributed by atoms with Crippen molar-refractivity contribution in [3.05, 3.63) is 0 Å². The fourth-order valence-electron chi connectivity index (χ4n) is 1.63. The van der Waals surface area contributed by atoms with E-state index >= 15 is 0 Å². The Kier molecular flexibility index (Phi) is 1.92. The average Bonchev–Trinajstić information content (AvgIpc) is 2.82. The molecule has 0 unspecified atom stereocenters. The van der Waals surface area contributed by atoms with Gasteiger partial charge in [0.15, 0.2) is 11.9 Å². The highest BCUT2D eigenvalue weighted by molar-refractivity contribution is 6.09. The standard InChI is InChI=1S/C8H7F3O3/c9-8(10,11)7(13)6-5(12)4-1-3(4)2-14-6/h3-4,6H,1-2H2/t3-,4-,6+/m0/s1. The maximum atomic E-state index is 12.0. The van der Waals surface area contributed by atoms with E-state index in [4.69, 9.17) is 0 Å². The van der Waals surface area contributed by atoms with Crippen LogP contribution >= 0.6 is 0 Å². The zero-order chi connectivity index (χ0) is 10.5. The van der Waals surface area contributed by atoms with Gasteiger partial charge in [0.2, 0.25) is 0 Å². The predicted molar refractivity (Wildman–Crippen MR) is 37.4 cm³/mol. The highest BCUT2D eigenvalue weighted by Crippen LogP contribution is 2.44. The second-order valence-corrected chi connectivity index (χ2v) is 3.58. The van der Waals surface area contributed by atoms with Crippen LogP contribution < -0.4 is 0 Å². The first-order valence-corrected chi connectivity index (χ1v) is 4.17. The first-order chi connectivity index (χ1) is 6.41. The summed E-state index contributed by atoms with van der Waals surface area (Å²) in [5.74, 6) is -3.11. The van der Waals surface area contributed by atoms with Gasteiger partial charge in [-0.05, 0) is 12.3 Å². The van der Waals surface area contributed by atoms with Crippen LogP contribution in [-0.2, 0) is 14.3 Å². The highest BCUT2D eigenvalue weighted by Gasteiger charge is 2.56. The number of carbonyl (C=O) groups excluding carboxylic acids is 2. The van der Waals surface area contributed by atoms with Crippen molar-refractivity contribution in [3.8, 4) is 0 Å².